The average molecular weight is 995 g/mol. The van der Waals surface area contributed by atoms with Gasteiger partial charge >= 0.3 is 17.1 Å². The van der Waals surface area contributed by atoms with Gasteiger partial charge in [-0.1, -0.05) is 61.2 Å². The van der Waals surface area contributed by atoms with Gasteiger partial charge in [-0.2, -0.15) is 15.0 Å². The number of nitrogen functional groups attached to an aromatic ring is 3. The zero-order chi connectivity index (χ0) is 51.3. The van der Waals surface area contributed by atoms with Crippen molar-refractivity contribution in [3.63, 3.8) is 0 Å². The Hall–Kier alpha value is -5.08. The van der Waals surface area contributed by atoms with Crippen molar-refractivity contribution in [2.45, 2.75) is 156 Å². The molecule has 3 aromatic rings. The molecular weight excluding hydrogens is 921 g/mol. The molecule has 2 unspecified atom stereocenters. The summed E-state index contributed by atoms with van der Waals surface area (Å²) in [6, 6.07) is 0. The first-order valence-electron chi connectivity index (χ1n) is 22.5. The van der Waals surface area contributed by atoms with Crippen LogP contribution in [0.2, 0.25) is 39.3 Å². The van der Waals surface area contributed by atoms with E-state index in [1.54, 1.807) is 6.34 Å². The normalized spacial score (nSPS) is 29.6. The Morgan fingerprint density at radius 2 is 1.26 bits per heavy atom. The fourth-order valence-corrected chi connectivity index (χ4v) is 8.86. The van der Waals surface area contributed by atoms with Crippen LogP contribution in [0, 0.1) is 23.7 Å². The molecular formula is C40H74N16O10Si2. The van der Waals surface area contributed by atoms with Gasteiger partial charge in [-0.3, -0.25) is 14.1 Å². The molecule has 7 heterocycles. The van der Waals surface area contributed by atoms with Crippen molar-refractivity contribution < 1.29 is 34.0 Å². The molecule has 382 valence electrons. The minimum Gasteiger partial charge on any atom is -0.394 e. The summed E-state index contributed by atoms with van der Waals surface area (Å²) in [5, 5.41) is 31.2. The maximum absolute atomic E-state index is 11.7. The number of nitrogens with one attached hydrogen (secondary N) is 3. The van der Waals surface area contributed by atoms with Gasteiger partial charge in [0.15, 0.2) is 20.5 Å². The number of H-pyrrole nitrogens is 1. The van der Waals surface area contributed by atoms with E-state index < -0.39 is 64.8 Å². The highest BCUT2D eigenvalue weighted by Gasteiger charge is 2.44. The molecule has 28 heteroatoms. The van der Waals surface area contributed by atoms with Crippen LogP contribution in [0.3, 0.4) is 0 Å². The molecule has 26 nitrogen and oxygen atoms in total. The molecule has 0 saturated carbocycles. The number of nitrogens with zero attached hydrogens (tertiary/aromatic N) is 10. The lowest BCUT2D eigenvalue weighted by Crippen LogP contribution is -2.55. The SMILES string of the molecule is CC[C@H]1OC(C)[C@H](C)[C@@H]1C.CC[C@H]1O[C@@H](n2cnc(N)nc2=O)[C@H](C)[C@@H]1C.C[Si](C)(C)NC1=NC=NC(O[Si](C)(C)C)N1.Nc1ncn([C@@H]2O[C@H](CO)[C@@H](O)[C@H]2O)c(=O)n1.Nc1ncnc(=O)[nH]1. The monoisotopic (exact) mass is 995 g/mol. The van der Waals surface area contributed by atoms with E-state index in [0.717, 1.165) is 47.9 Å². The van der Waals surface area contributed by atoms with Crippen LogP contribution in [0.4, 0.5) is 17.8 Å². The first-order valence-corrected chi connectivity index (χ1v) is 29.4. The van der Waals surface area contributed by atoms with Crippen molar-refractivity contribution in [3.05, 3.63) is 50.4 Å². The van der Waals surface area contributed by atoms with Crippen LogP contribution < -0.4 is 44.6 Å². The number of aromatic nitrogens is 9. The van der Waals surface area contributed by atoms with Gasteiger partial charge in [-0.15, -0.1) is 0 Å². The first-order chi connectivity index (χ1) is 31.7. The predicted molar refractivity (Wildman–Crippen MR) is 261 cm³/mol. The average Bonchev–Trinajstić information content (AvgIpc) is 3.80. The van der Waals surface area contributed by atoms with E-state index in [1.807, 2.05) is 0 Å². The van der Waals surface area contributed by atoms with Crippen molar-refractivity contribution in [2.75, 3.05) is 23.8 Å². The number of aliphatic hydroxyl groups is 3. The molecule has 4 aliphatic heterocycles. The molecule has 3 fully saturated rings. The summed E-state index contributed by atoms with van der Waals surface area (Å²) in [6.45, 7) is 27.9. The molecule has 68 heavy (non-hydrogen) atoms. The van der Waals surface area contributed by atoms with Gasteiger partial charge in [0.1, 0.15) is 58.1 Å². The lowest BCUT2D eigenvalue weighted by atomic mass is 9.90. The Labute approximate surface area is 397 Å². The number of hydrogen-bond acceptors (Lipinski definition) is 23. The molecule has 0 aliphatic carbocycles. The minimum absolute atomic E-state index is 0.00279. The van der Waals surface area contributed by atoms with E-state index in [4.69, 9.17) is 40.9 Å². The number of aliphatic hydroxyl groups excluding tert-OH is 3. The zero-order valence-corrected chi connectivity index (χ0v) is 43.3. The molecule has 4 aliphatic rings. The van der Waals surface area contributed by atoms with Gasteiger partial charge in [0.25, 0.3) is 0 Å². The third-order valence-electron chi connectivity index (χ3n) is 11.3. The van der Waals surface area contributed by atoms with Crippen LogP contribution in [-0.4, -0.2) is 138 Å². The van der Waals surface area contributed by atoms with Crippen molar-refractivity contribution in [1.29, 1.82) is 0 Å². The van der Waals surface area contributed by atoms with E-state index in [1.165, 1.54) is 10.9 Å². The first kappa shape index (κ1) is 57.2. The number of aliphatic imine (C=N–C) groups is 2. The van der Waals surface area contributed by atoms with Crippen molar-refractivity contribution >= 4 is 46.7 Å². The summed E-state index contributed by atoms with van der Waals surface area (Å²) in [7, 11) is -2.96. The summed E-state index contributed by atoms with van der Waals surface area (Å²) in [4.78, 5) is 68.4. The standard InChI is InChI=1S/C11H18N4O2.C9H22N4OSi2.C9H18O.C8H12N4O5.C3H4N4O/c1-4-8-6(2)7(3)9(17-8)15-5-13-10(12)14-11(15)16;1-15(2,3)13-8-10-7-11-9(12-8)14-16(4,5)6;1-5-9-7(3)6(2)8(4)10-9;9-7-10-2-12(8(16)11-7)6-5(15)4(14)3(1-13)17-6;4-2-5-1-6-3(8)7-2/h5-9H,4H2,1-3H3,(H2,12,14,16);7,9H,1-6H3,(H2,10,11,12,13);6-9H,5H2,1-4H3;2-6,13-15H,1H2,(H2,9,11,16);1H,(H3,4,5,6,7,8)/t6-,7+,8+,9+;;6-,7+,8?,9-;3-,4-,5-,6-;/m0.11./s1. The summed E-state index contributed by atoms with van der Waals surface area (Å²) in [6.07, 6.45) is 3.10. The summed E-state index contributed by atoms with van der Waals surface area (Å²) in [5.74, 6) is 2.82. The van der Waals surface area contributed by atoms with Crippen molar-refractivity contribution in [1.82, 2.24) is 54.3 Å². The number of ether oxygens (including phenoxy) is 3. The largest absolute Gasteiger partial charge is 0.394 e. The second-order valence-corrected chi connectivity index (χ2v) is 28.0. The van der Waals surface area contributed by atoms with E-state index in [9.17, 15) is 24.6 Å². The Morgan fingerprint density at radius 3 is 1.66 bits per heavy atom. The smallest absolute Gasteiger partial charge is 0.354 e. The molecule has 3 saturated heterocycles. The number of nitrogens with two attached hydrogens (primary N) is 3. The quantitative estimate of drug-likeness (QED) is 0.138. The van der Waals surface area contributed by atoms with E-state index in [2.05, 4.69) is 143 Å². The Kier molecular flexibility index (Phi) is 21.5. The highest BCUT2D eigenvalue weighted by atomic mass is 28.4. The highest BCUT2D eigenvalue weighted by Crippen LogP contribution is 2.39. The van der Waals surface area contributed by atoms with Crippen molar-refractivity contribution in [3.8, 4) is 0 Å². The maximum Gasteiger partial charge on any atom is 0.354 e. The highest BCUT2D eigenvalue weighted by molar-refractivity contribution is 6.75. The number of hydrogen-bond donors (Lipinski definition) is 9. The number of anilines is 3. The molecule has 3 aromatic heterocycles. The Bertz CT molecular complexity index is 2190. The van der Waals surface area contributed by atoms with Crippen LogP contribution in [-0.2, 0) is 18.6 Å². The molecule has 7 rings (SSSR count). The van der Waals surface area contributed by atoms with Crippen LogP contribution in [0.15, 0.2) is 43.4 Å². The Balaban J connectivity index is 0.000000231. The van der Waals surface area contributed by atoms with E-state index >= 15 is 0 Å². The number of aromatic amines is 1. The summed E-state index contributed by atoms with van der Waals surface area (Å²) >= 11 is 0. The lowest BCUT2D eigenvalue weighted by Gasteiger charge is -2.29. The van der Waals surface area contributed by atoms with Gasteiger partial charge in [-0.05, 0) is 57.2 Å². The zero-order valence-electron chi connectivity index (χ0n) is 41.3. The predicted octanol–water partition coefficient (Wildman–Crippen LogP) is 0.369. The van der Waals surface area contributed by atoms with E-state index in [-0.39, 0.29) is 42.4 Å². The lowest BCUT2D eigenvalue weighted by molar-refractivity contribution is -0.0554. The van der Waals surface area contributed by atoms with E-state index in [0.29, 0.717) is 18.1 Å². The molecule has 13 atom stereocenters. The van der Waals surface area contributed by atoms with Crippen LogP contribution in [0.25, 0.3) is 0 Å². The molecule has 0 amide bonds. The Morgan fingerprint density at radius 1 is 0.735 bits per heavy atom. The fourth-order valence-electron chi connectivity index (χ4n) is 7.22. The second kappa shape index (κ2) is 25.5. The minimum atomic E-state index is -1.58. The van der Waals surface area contributed by atoms with Gasteiger partial charge in [0.05, 0.1) is 24.9 Å². The van der Waals surface area contributed by atoms with Gasteiger partial charge < -0.3 is 61.5 Å². The van der Waals surface area contributed by atoms with Crippen LogP contribution in [0.5, 0.6) is 0 Å². The molecule has 0 bridgehead atoms. The van der Waals surface area contributed by atoms with Gasteiger partial charge in [0.2, 0.25) is 24.2 Å². The molecule has 0 aromatic carbocycles. The third-order valence-corrected chi connectivity index (χ3v) is 13.2. The van der Waals surface area contributed by atoms with Gasteiger partial charge in [-0.25, -0.2) is 39.3 Å². The second-order valence-electron chi connectivity index (χ2n) is 18.8. The molecule has 12 N–H and O–H groups in total. The van der Waals surface area contributed by atoms with Crippen LogP contribution in [0.1, 0.15) is 73.8 Å². The summed E-state index contributed by atoms with van der Waals surface area (Å²) in [5.41, 5.74) is 14.0. The summed E-state index contributed by atoms with van der Waals surface area (Å²) < 4.78 is 24.9. The van der Waals surface area contributed by atoms with Crippen LogP contribution >= 0.6 is 0 Å². The third kappa shape index (κ3) is 17.2. The number of guanidine groups is 1. The topological polar surface area (TPSA) is 379 Å². The van der Waals surface area contributed by atoms with Gasteiger partial charge in [0, 0.05) is 5.92 Å². The fraction of sp³-hybridized carbons (Fsp3) is 0.725. The number of rotatable bonds is 8. The molecule has 0 radical (unpaired) electrons. The molecule has 0 spiro atoms. The maximum atomic E-state index is 11.7. The van der Waals surface area contributed by atoms with Crippen molar-refractivity contribution in [2.24, 2.45) is 33.7 Å².